The molecule has 1 amide bonds. The third-order valence-corrected chi connectivity index (χ3v) is 4.45. The van der Waals surface area contributed by atoms with E-state index in [0.717, 1.165) is 11.3 Å². The third-order valence-electron chi connectivity index (χ3n) is 4.45. The Hall–Kier alpha value is -2.82. The minimum Gasteiger partial charge on any atom is -0.497 e. The van der Waals surface area contributed by atoms with Gasteiger partial charge in [-0.2, -0.15) is 0 Å². The second kappa shape index (κ2) is 7.38. The van der Waals surface area contributed by atoms with Crippen LogP contribution in [0, 0.1) is 0 Å². The second-order valence-electron chi connectivity index (χ2n) is 5.95. The molecule has 2 aromatic rings. The zero-order valence-corrected chi connectivity index (χ0v) is 14.5. The molecule has 0 N–H and O–H groups in total. The predicted molar refractivity (Wildman–Crippen MR) is 95.6 cm³/mol. The number of anilines is 1. The van der Waals surface area contributed by atoms with Gasteiger partial charge in [-0.3, -0.25) is 9.59 Å². The largest absolute Gasteiger partial charge is 0.497 e. The van der Waals surface area contributed by atoms with Crippen LogP contribution in [0.15, 0.2) is 42.5 Å². The van der Waals surface area contributed by atoms with Crippen LogP contribution in [0.1, 0.15) is 28.8 Å². The molecule has 5 heteroatoms. The van der Waals surface area contributed by atoms with Crippen molar-refractivity contribution in [2.45, 2.75) is 19.3 Å². The van der Waals surface area contributed by atoms with E-state index in [9.17, 15) is 9.59 Å². The average molecular weight is 339 g/mol. The number of rotatable bonds is 5. The van der Waals surface area contributed by atoms with E-state index in [4.69, 9.17) is 9.47 Å². The maximum absolute atomic E-state index is 12.7. The molecule has 0 saturated heterocycles. The summed E-state index contributed by atoms with van der Waals surface area (Å²) in [4.78, 5) is 26.5. The number of benzene rings is 2. The summed E-state index contributed by atoms with van der Waals surface area (Å²) in [5, 5.41) is 0. The van der Waals surface area contributed by atoms with Gasteiger partial charge < -0.3 is 14.4 Å². The van der Waals surface area contributed by atoms with E-state index in [2.05, 4.69) is 0 Å². The first-order chi connectivity index (χ1) is 12.1. The van der Waals surface area contributed by atoms with E-state index in [1.165, 1.54) is 0 Å². The van der Waals surface area contributed by atoms with Gasteiger partial charge in [0, 0.05) is 31.0 Å². The van der Waals surface area contributed by atoms with Crippen molar-refractivity contribution >= 4 is 17.4 Å². The number of Topliss-reactive ketones (excluding diaryl/α,β-unsaturated/α-hetero) is 1. The molecule has 1 aliphatic rings. The Labute approximate surface area is 147 Å². The van der Waals surface area contributed by atoms with Gasteiger partial charge in [-0.15, -0.1) is 0 Å². The van der Waals surface area contributed by atoms with E-state index in [1.807, 2.05) is 24.3 Å². The highest BCUT2D eigenvalue weighted by atomic mass is 16.5. The van der Waals surface area contributed by atoms with E-state index < -0.39 is 0 Å². The monoisotopic (exact) mass is 339 g/mol. The number of methoxy groups -OCH3 is 2. The summed E-state index contributed by atoms with van der Waals surface area (Å²) in [6, 6.07) is 12.9. The van der Waals surface area contributed by atoms with Gasteiger partial charge >= 0.3 is 0 Å². The fraction of sp³-hybridized carbons (Fsp3) is 0.300. The smallest absolute Gasteiger partial charge is 0.227 e. The number of amides is 1. The molecule has 0 bridgehead atoms. The predicted octanol–water partition coefficient (Wildman–Crippen LogP) is 3.26. The lowest BCUT2D eigenvalue weighted by molar-refractivity contribution is -0.118. The van der Waals surface area contributed by atoms with Crippen LogP contribution in [0.3, 0.4) is 0 Å². The summed E-state index contributed by atoms with van der Waals surface area (Å²) in [5.41, 5.74) is 2.31. The van der Waals surface area contributed by atoms with Crippen LogP contribution in [-0.2, 0) is 11.2 Å². The molecule has 0 aromatic heterocycles. The molecule has 0 atom stereocenters. The molecule has 0 fully saturated rings. The van der Waals surface area contributed by atoms with Gasteiger partial charge in [0.1, 0.15) is 11.5 Å². The maximum Gasteiger partial charge on any atom is 0.227 e. The standard InChI is InChI=1S/C20H21NO4/c1-24-15-6-3-14(4-7-15)5-10-20(23)21-12-11-19(22)17-9-8-16(25-2)13-18(17)21/h3-4,6-9,13H,5,10-12H2,1-2H3. The van der Waals surface area contributed by atoms with Crippen molar-refractivity contribution < 1.29 is 19.1 Å². The molecule has 2 aromatic carbocycles. The summed E-state index contributed by atoms with van der Waals surface area (Å²) in [7, 11) is 3.20. The molecule has 130 valence electrons. The Morgan fingerprint density at radius 1 is 1.04 bits per heavy atom. The van der Waals surface area contributed by atoms with Gasteiger partial charge in [0.05, 0.1) is 19.9 Å². The molecule has 0 aliphatic carbocycles. The molecule has 25 heavy (non-hydrogen) atoms. The second-order valence-corrected chi connectivity index (χ2v) is 5.95. The molecule has 0 radical (unpaired) electrons. The van der Waals surface area contributed by atoms with Crippen molar-refractivity contribution in [3.8, 4) is 11.5 Å². The zero-order valence-electron chi connectivity index (χ0n) is 14.5. The van der Waals surface area contributed by atoms with E-state index in [-0.39, 0.29) is 11.7 Å². The first-order valence-electron chi connectivity index (χ1n) is 8.27. The zero-order chi connectivity index (χ0) is 17.8. The molecule has 1 heterocycles. The van der Waals surface area contributed by atoms with Crippen molar-refractivity contribution in [1.29, 1.82) is 0 Å². The minimum atomic E-state index is 0.0119. The molecule has 0 unspecified atom stereocenters. The number of carbonyl (C=O) groups excluding carboxylic acids is 2. The summed E-state index contributed by atoms with van der Waals surface area (Å²) < 4.78 is 10.4. The fourth-order valence-corrected chi connectivity index (χ4v) is 3.00. The molecule has 0 spiro atoms. The summed E-state index contributed by atoms with van der Waals surface area (Å²) in [6.45, 7) is 0.417. The molecule has 3 rings (SSSR count). The summed E-state index contributed by atoms with van der Waals surface area (Å²) >= 11 is 0. The van der Waals surface area contributed by atoms with E-state index in [0.29, 0.717) is 42.8 Å². The Balaban J connectivity index is 1.74. The highest BCUT2D eigenvalue weighted by Gasteiger charge is 2.27. The van der Waals surface area contributed by atoms with Crippen molar-refractivity contribution in [1.82, 2.24) is 0 Å². The Morgan fingerprint density at radius 3 is 2.40 bits per heavy atom. The van der Waals surface area contributed by atoms with Crippen LogP contribution >= 0.6 is 0 Å². The van der Waals surface area contributed by atoms with Crippen LogP contribution in [0.4, 0.5) is 5.69 Å². The number of nitrogens with zero attached hydrogens (tertiary/aromatic N) is 1. The highest BCUT2D eigenvalue weighted by Crippen LogP contribution is 2.31. The molecular weight excluding hydrogens is 318 g/mol. The van der Waals surface area contributed by atoms with Gasteiger partial charge in [-0.05, 0) is 36.2 Å². The number of ether oxygens (including phenoxy) is 2. The summed E-state index contributed by atoms with van der Waals surface area (Å²) in [5.74, 6) is 1.52. The lowest BCUT2D eigenvalue weighted by Gasteiger charge is -2.29. The number of fused-ring (bicyclic) bond motifs is 1. The Kier molecular flexibility index (Phi) is 5.03. The van der Waals surface area contributed by atoms with Crippen molar-refractivity contribution in [3.05, 3.63) is 53.6 Å². The van der Waals surface area contributed by atoms with Gasteiger partial charge in [0.25, 0.3) is 0 Å². The topological polar surface area (TPSA) is 55.8 Å². The number of hydrogen-bond acceptors (Lipinski definition) is 4. The van der Waals surface area contributed by atoms with Crippen LogP contribution in [-0.4, -0.2) is 32.5 Å². The SMILES string of the molecule is COc1ccc(CCC(=O)N2CCC(=O)c3ccc(OC)cc32)cc1. The van der Waals surface area contributed by atoms with Gasteiger partial charge in [-0.1, -0.05) is 12.1 Å². The van der Waals surface area contributed by atoms with Gasteiger partial charge in [0.15, 0.2) is 5.78 Å². The fourth-order valence-electron chi connectivity index (χ4n) is 3.00. The highest BCUT2D eigenvalue weighted by molar-refractivity contribution is 6.09. The maximum atomic E-state index is 12.7. The molecule has 0 saturated carbocycles. The number of carbonyl (C=O) groups is 2. The minimum absolute atomic E-state index is 0.0119. The number of aryl methyl sites for hydroxylation is 1. The number of hydrogen-bond donors (Lipinski definition) is 0. The van der Waals surface area contributed by atoms with Crippen LogP contribution < -0.4 is 14.4 Å². The third kappa shape index (κ3) is 3.65. The molecule has 5 nitrogen and oxygen atoms in total. The van der Waals surface area contributed by atoms with E-state index >= 15 is 0 Å². The first kappa shape index (κ1) is 17.0. The van der Waals surface area contributed by atoms with Crippen molar-refractivity contribution in [2.24, 2.45) is 0 Å². The Morgan fingerprint density at radius 2 is 1.72 bits per heavy atom. The summed E-state index contributed by atoms with van der Waals surface area (Å²) in [6.07, 6.45) is 1.39. The first-order valence-corrected chi connectivity index (χ1v) is 8.27. The lowest BCUT2D eigenvalue weighted by Crippen LogP contribution is -2.37. The molecule has 1 aliphatic heterocycles. The van der Waals surface area contributed by atoms with Gasteiger partial charge in [0.2, 0.25) is 5.91 Å². The van der Waals surface area contributed by atoms with Crippen molar-refractivity contribution in [3.63, 3.8) is 0 Å². The molecular formula is C20H21NO4. The Bertz CT molecular complexity index is 783. The van der Waals surface area contributed by atoms with Crippen LogP contribution in [0.25, 0.3) is 0 Å². The van der Waals surface area contributed by atoms with Crippen molar-refractivity contribution in [2.75, 3.05) is 25.7 Å². The average Bonchev–Trinajstić information content (AvgIpc) is 2.66. The number of ketones is 1. The quantitative estimate of drug-likeness (QED) is 0.839. The normalized spacial score (nSPS) is 13.4. The van der Waals surface area contributed by atoms with E-state index in [1.54, 1.807) is 37.3 Å². The van der Waals surface area contributed by atoms with Crippen LogP contribution in [0.5, 0.6) is 11.5 Å². The van der Waals surface area contributed by atoms with Gasteiger partial charge in [-0.25, -0.2) is 0 Å². The van der Waals surface area contributed by atoms with Crippen LogP contribution in [0.2, 0.25) is 0 Å². The lowest BCUT2D eigenvalue weighted by atomic mass is 9.99.